The Morgan fingerprint density at radius 2 is 0.837 bits per heavy atom. The minimum atomic E-state index is 0.916. The zero-order chi connectivity index (χ0) is 31.8. The zero-order valence-corrected chi connectivity index (χ0v) is 26.4. The molecule has 1 heteroatoms. The van der Waals surface area contributed by atoms with E-state index in [4.69, 9.17) is 4.42 Å². The molecule has 0 aliphatic heterocycles. The Morgan fingerprint density at radius 1 is 0.286 bits per heavy atom. The molecular weight excluding hydrogens is 593 g/mol. The molecule has 11 aromatic carbocycles. The molecule has 0 saturated heterocycles. The van der Waals surface area contributed by atoms with Crippen molar-refractivity contribution < 1.29 is 4.42 Å². The molecule has 1 heterocycles. The van der Waals surface area contributed by atoms with Crippen LogP contribution < -0.4 is 0 Å². The van der Waals surface area contributed by atoms with E-state index in [2.05, 4.69) is 158 Å². The quantitative estimate of drug-likeness (QED) is 0.176. The molecule has 0 aliphatic rings. The predicted molar refractivity (Wildman–Crippen MR) is 210 cm³/mol. The molecule has 1 aromatic heterocycles. The van der Waals surface area contributed by atoms with Crippen molar-refractivity contribution in [1.82, 2.24) is 0 Å². The maximum atomic E-state index is 6.92. The number of benzene rings is 11. The monoisotopic (exact) mass is 618 g/mol. The van der Waals surface area contributed by atoms with Gasteiger partial charge in [-0.3, -0.25) is 0 Å². The standard InChI is InChI=1S/C48H26O/c1-2-7-33-26-43-40(22-32(33)6-1)42-25-35(39-23-34-12-4-10-28-14-16-30-11-5-13-37(39)46(30)45(28)34)24-41(48(42)49-43)36-20-18-31-17-15-27-8-3-9-29-19-21-38(36)47(31)44(27)29/h1-26H. The van der Waals surface area contributed by atoms with Gasteiger partial charge in [0.2, 0.25) is 0 Å². The molecule has 0 unspecified atom stereocenters. The molecule has 0 atom stereocenters. The number of furan rings is 1. The molecule has 0 N–H and O–H groups in total. The maximum Gasteiger partial charge on any atom is 0.143 e. The molecule has 0 fully saturated rings. The van der Waals surface area contributed by atoms with Crippen molar-refractivity contribution >= 4 is 97.3 Å². The second-order valence-corrected chi connectivity index (χ2v) is 13.6. The van der Waals surface area contributed by atoms with E-state index in [9.17, 15) is 0 Å². The molecule has 224 valence electrons. The van der Waals surface area contributed by atoms with Crippen LogP contribution in [0.15, 0.2) is 162 Å². The van der Waals surface area contributed by atoms with E-state index in [0.717, 1.165) is 27.5 Å². The summed E-state index contributed by atoms with van der Waals surface area (Å²) >= 11 is 0. The summed E-state index contributed by atoms with van der Waals surface area (Å²) in [5, 5.41) is 20.2. The highest BCUT2D eigenvalue weighted by Gasteiger charge is 2.21. The van der Waals surface area contributed by atoms with Gasteiger partial charge in [0.05, 0.1) is 0 Å². The van der Waals surface area contributed by atoms with Gasteiger partial charge >= 0.3 is 0 Å². The third kappa shape index (κ3) is 3.39. The summed E-state index contributed by atoms with van der Waals surface area (Å²) in [4.78, 5) is 0. The van der Waals surface area contributed by atoms with Crippen LogP contribution in [-0.4, -0.2) is 0 Å². The van der Waals surface area contributed by atoms with E-state index in [0.29, 0.717) is 0 Å². The van der Waals surface area contributed by atoms with Crippen LogP contribution >= 0.6 is 0 Å². The number of fused-ring (bicyclic) bond motifs is 4. The first-order valence-electron chi connectivity index (χ1n) is 17.0. The lowest BCUT2D eigenvalue weighted by Gasteiger charge is -2.17. The van der Waals surface area contributed by atoms with E-state index >= 15 is 0 Å². The van der Waals surface area contributed by atoms with Crippen LogP contribution in [0.1, 0.15) is 0 Å². The molecule has 49 heavy (non-hydrogen) atoms. The molecule has 0 aliphatic carbocycles. The van der Waals surface area contributed by atoms with Crippen molar-refractivity contribution in [3.63, 3.8) is 0 Å². The van der Waals surface area contributed by atoms with Crippen LogP contribution in [0.5, 0.6) is 0 Å². The van der Waals surface area contributed by atoms with Gasteiger partial charge in [0, 0.05) is 16.3 Å². The van der Waals surface area contributed by atoms with Gasteiger partial charge in [-0.1, -0.05) is 127 Å². The number of hydrogen-bond donors (Lipinski definition) is 0. The summed E-state index contributed by atoms with van der Waals surface area (Å²) in [6.45, 7) is 0. The summed E-state index contributed by atoms with van der Waals surface area (Å²) in [7, 11) is 0. The second kappa shape index (κ2) is 9.13. The van der Waals surface area contributed by atoms with Gasteiger partial charge in [-0.2, -0.15) is 0 Å². The molecule has 0 radical (unpaired) electrons. The molecule has 0 amide bonds. The Bertz CT molecular complexity index is 3310. The van der Waals surface area contributed by atoms with E-state index < -0.39 is 0 Å². The summed E-state index contributed by atoms with van der Waals surface area (Å²) in [6, 6.07) is 58.5. The highest BCUT2D eigenvalue weighted by Crippen LogP contribution is 2.47. The highest BCUT2D eigenvalue weighted by atomic mass is 16.3. The van der Waals surface area contributed by atoms with Gasteiger partial charge in [-0.05, 0) is 122 Å². The SMILES string of the molecule is c1ccc2cc3c(cc2c1)oc1c(-c2ccc4ccc5cccc6ccc2c4c56)cc(-c2cc4cccc5ccc6cccc2c6c54)cc13. The van der Waals surface area contributed by atoms with Crippen LogP contribution in [-0.2, 0) is 0 Å². The van der Waals surface area contributed by atoms with Crippen molar-refractivity contribution in [1.29, 1.82) is 0 Å². The normalized spacial score (nSPS) is 12.5. The van der Waals surface area contributed by atoms with Gasteiger partial charge in [0.25, 0.3) is 0 Å². The van der Waals surface area contributed by atoms with Gasteiger partial charge in [-0.25, -0.2) is 0 Å². The topological polar surface area (TPSA) is 13.1 Å². The second-order valence-electron chi connectivity index (χ2n) is 13.6. The van der Waals surface area contributed by atoms with Crippen molar-refractivity contribution in [2.24, 2.45) is 0 Å². The Kier molecular flexibility index (Phi) is 4.77. The minimum absolute atomic E-state index is 0.916. The average molecular weight is 619 g/mol. The molecule has 0 bridgehead atoms. The van der Waals surface area contributed by atoms with Crippen LogP contribution in [0.2, 0.25) is 0 Å². The first-order valence-corrected chi connectivity index (χ1v) is 17.0. The summed E-state index contributed by atoms with van der Waals surface area (Å²) in [6.07, 6.45) is 0. The number of hydrogen-bond acceptors (Lipinski definition) is 1. The van der Waals surface area contributed by atoms with Crippen LogP contribution in [0, 0.1) is 0 Å². The van der Waals surface area contributed by atoms with Gasteiger partial charge < -0.3 is 4.42 Å². The van der Waals surface area contributed by atoms with Gasteiger partial charge in [0.15, 0.2) is 0 Å². The van der Waals surface area contributed by atoms with Crippen molar-refractivity contribution in [3.05, 3.63) is 158 Å². The third-order valence-electron chi connectivity index (χ3n) is 11.1. The molecule has 0 saturated carbocycles. The fourth-order valence-electron chi connectivity index (χ4n) is 8.89. The van der Waals surface area contributed by atoms with Gasteiger partial charge in [0.1, 0.15) is 11.2 Å². The van der Waals surface area contributed by atoms with E-state index in [-0.39, 0.29) is 0 Å². The van der Waals surface area contributed by atoms with E-state index in [1.165, 1.54) is 92.1 Å². The van der Waals surface area contributed by atoms with E-state index in [1.807, 2.05) is 0 Å². The Balaban J connectivity index is 1.25. The first-order chi connectivity index (χ1) is 24.3. The van der Waals surface area contributed by atoms with Crippen molar-refractivity contribution in [2.75, 3.05) is 0 Å². The molecule has 1 nitrogen and oxygen atoms in total. The van der Waals surface area contributed by atoms with Crippen LogP contribution in [0.3, 0.4) is 0 Å². The summed E-state index contributed by atoms with van der Waals surface area (Å²) in [5.74, 6) is 0. The van der Waals surface area contributed by atoms with Crippen LogP contribution in [0.4, 0.5) is 0 Å². The summed E-state index contributed by atoms with van der Waals surface area (Å²) in [5.41, 5.74) is 6.60. The third-order valence-corrected chi connectivity index (χ3v) is 11.1. The molecule has 12 aromatic rings. The Hall–Kier alpha value is -6.44. The lowest BCUT2D eigenvalue weighted by molar-refractivity contribution is 0.670. The van der Waals surface area contributed by atoms with Crippen molar-refractivity contribution in [3.8, 4) is 22.3 Å². The lowest BCUT2D eigenvalue weighted by atomic mass is 9.86. The predicted octanol–water partition coefficient (Wildman–Crippen LogP) is 13.9. The average Bonchev–Trinajstić information content (AvgIpc) is 3.52. The lowest BCUT2D eigenvalue weighted by Crippen LogP contribution is -1.90. The summed E-state index contributed by atoms with van der Waals surface area (Å²) < 4.78 is 6.92. The molecule has 12 rings (SSSR count). The van der Waals surface area contributed by atoms with Crippen molar-refractivity contribution in [2.45, 2.75) is 0 Å². The minimum Gasteiger partial charge on any atom is -0.455 e. The smallest absolute Gasteiger partial charge is 0.143 e. The maximum absolute atomic E-state index is 6.92. The molecular formula is C48H26O. The highest BCUT2D eigenvalue weighted by molar-refractivity contribution is 6.29. The van der Waals surface area contributed by atoms with E-state index in [1.54, 1.807) is 0 Å². The molecule has 0 spiro atoms. The number of rotatable bonds is 2. The van der Waals surface area contributed by atoms with Crippen LogP contribution in [0.25, 0.3) is 120 Å². The van der Waals surface area contributed by atoms with Gasteiger partial charge in [-0.15, -0.1) is 0 Å². The zero-order valence-electron chi connectivity index (χ0n) is 26.4. The first kappa shape index (κ1) is 25.6. The fraction of sp³-hybridized carbons (Fsp3) is 0. The Morgan fingerprint density at radius 3 is 1.59 bits per heavy atom. The fourth-order valence-corrected chi connectivity index (χ4v) is 8.89. The largest absolute Gasteiger partial charge is 0.455 e. The Labute approximate surface area is 280 Å².